The van der Waals surface area contributed by atoms with E-state index in [9.17, 15) is 4.79 Å². The van der Waals surface area contributed by atoms with E-state index in [0.717, 1.165) is 20.1 Å². The standard InChI is InChI=1S/C4H6O2.2C2H4O2.Zn/c1-3-6-4(2)5;2*1-2(3)4;/h3H,1H2,2H3;2*1H3,(H,3,4);/q;;;+2/p-2. The summed E-state index contributed by atoms with van der Waals surface area (Å²) in [5.74, 6) is -2.50. The Morgan fingerprint density at radius 2 is 1.27 bits per heavy atom. The molecule has 0 aromatic heterocycles. The van der Waals surface area contributed by atoms with Gasteiger partial charge in [-0.25, -0.2) is 0 Å². The predicted octanol–water partition coefficient (Wildman–Crippen LogP) is -1.80. The van der Waals surface area contributed by atoms with Crippen molar-refractivity contribution in [2.45, 2.75) is 20.8 Å². The molecule has 0 aromatic carbocycles. The maximum atomic E-state index is 9.75. The van der Waals surface area contributed by atoms with E-state index in [1.165, 1.54) is 6.92 Å². The third-order valence-corrected chi connectivity index (χ3v) is 0.249. The van der Waals surface area contributed by atoms with Crippen molar-refractivity contribution in [3.8, 4) is 0 Å². The largest absolute Gasteiger partial charge is 2.00 e. The first-order chi connectivity index (χ1) is 6.23. The van der Waals surface area contributed by atoms with Gasteiger partial charge in [0, 0.05) is 18.9 Å². The molecule has 6 nitrogen and oxygen atoms in total. The monoisotopic (exact) mass is 268 g/mol. The van der Waals surface area contributed by atoms with Crippen LogP contribution in [0.3, 0.4) is 0 Å². The number of carboxylic acids is 2. The molecule has 0 saturated heterocycles. The number of carbonyl (C=O) groups is 3. The molecule has 0 spiro atoms. The van der Waals surface area contributed by atoms with E-state index < -0.39 is 11.9 Å². The Balaban J connectivity index is -0.0000000606. The quantitative estimate of drug-likeness (QED) is 0.316. The first-order valence-electron chi connectivity index (χ1n) is 3.37. The Kier molecular flexibility index (Phi) is 29.1. The van der Waals surface area contributed by atoms with E-state index in [2.05, 4.69) is 11.3 Å². The molecule has 0 aromatic rings. The topological polar surface area (TPSA) is 107 Å². The summed E-state index contributed by atoms with van der Waals surface area (Å²) in [4.78, 5) is 27.5. The van der Waals surface area contributed by atoms with Crippen LogP contribution in [-0.4, -0.2) is 17.9 Å². The SMILES string of the molecule is C=COC(C)=O.CC(=O)[O-].CC(=O)[O-].[Zn+2]. The maximum absolute atomic E-state index is 9.75. The maximum Gasteiger partial charge on any atom is 2.00 e. The van der Waals surface area contributed by atoms with Gasteiger partial charge in [-0.3, -0.25) is 4.79 Å². The molecule has 0 N–H and O–H groups in total. The molecule has 7 heteroatoms. The molecule has 0 aliphatic rings. The van der Waals surface area contributed by atoms with Gasteiger partial charge in [0.25, 0.3) is 0 Å². The summed E-state index contributed by atoms with van der Waals surface area (Å²) in [5, 5.41) is 17.8. The number of carbonyl (C=O) groups excluding carboxylic acids is 3. The van der Waals surface area contributed by atoms with Crippen LogP contribution < -0.4 is 10.2 Å². The molecule has 15 heavy (non-hydrogen) atoms. The van der Waals surface area contributed by atoms with E-state index in [0.29, 0.717) is 0 Å². The fourth-order valence-corrected chi connectivity index (χ4v) is 0.117. The van der Waals surface area contributed by atoms with Crippen molar-refractivity contribution in [2.24, 2.45) is 0 Å². The second kappa shape index (κ2) is 18.5. The summed E-state index contributed by atoms with van der Waals surface area (Å²) < 4.78 is 4.17. The predicted molar refractivity (Wildman–Crippen MR) is 43.3 cm³/mol. The minimum Gasteiger partial charge on any atom is -0.550 e. The van der Waals surface area contributed by atoms with Crippen LogP contribution in [0.2, 0.25) is 0 Å². The van der Waals surface area contributed by atoms with Crippen molar-refractivity contribution in [1.82, 2.24) is 0 Å². The van der Waals surface area contributed by atoms with Crippen molar-refractivity contribution in [3.05, 3.63) is 12.8 Å². The van der Waals surface area contributed by atoms with Crippen LogP contribution in [0.4, 0.5) is 0 Å². The van der Waals surface area contributed by atoms with Gasteiger partial charge in [-0.2, -0.15) is 0 Å². The fourth-order valence-electron chi connectivity index (χ4n) is 0.117. The van der Waals surface area contributed by atoms with Gasteiger partial charge in [-0.15, -0.1) is 0 Å². The van der Waals surface area contributed by atoms with Gasteiger partial charge < -0.3 is 24.5 Å². The zero-order chi connectivity index (χ0) is 12.1. The normalized spacial score (nSPS) is 6.07. The summed E-state index contributed by atoms with van der Waals surface area (Å²) in [6, 6.07) is 0. The van der Waals surface area contributed by atoms with E-state index >= 15 is 0 Å². The van der Waals surface area contributed by atoms with Crippen molar-refractivity contribution in [1.29, 1.82) is 0 Å². The average molecular weight is 270 g/mol. The number of esters is 1. The second-order valence-electron chi connectivity index (χ2n) is 1.76. The van der Waals surface area contributed by atoms with Crippen LogP contribution in [0, 0.1) is 0 Å². The zero-order valence-electron chi connectivity index (χ0n) is 8.94. The summed E-state index contributed by atoms with van der Waals surface area (Å²) in [7, 11) is 0. The molecule has 0 heterocycles. The van der Waals surface area contributed by atoms with Gasteiger partial charge in [0.05, 0.1) is 6.26 Å². The molecule has 0 saturated carbocycles. The summed E-state index contributed by atoms with van der Waals surface area (Å²) in [5.41, 5.74) is 0. The van der Waals surface area contributed by atoms with Crippen LogP contribution in [0.1, 0.15) is 20.8 Å². The van der Waals surface area contributed by atoms with Crippen LogP contribution in [0.25, 0.3) is 0 Å². The van der Waals surface area contributed by atoms with E-state index in [1.54, 1.807) is 0 Å². The van der Waals surface area contributed by atoms with Crippen molar-refractivity contribution in [2.75, 3.05) is 0 Å². The van der Waals surface area contributed by atoms with Gasteiger partial charge in [0.2, 0.25) is 0 Å². The molecule has 82 valence electrons. The first kappa shape index (κ1) is 23.5. The van der Waals surface area contributed by atoms with Gasteiger partial charge in [-0.05, 0) is 13.8 Å². The van der Waals surface area contributed by atoms with Crippen molar-refractivity contribution in [3.63, 3.8) is 0 Å². The Labute approximate surface area is 101 Å². The zero-order valence-corrected chi connectivity index (χ0v) is 11.9. The third kappa shape index (κ3) is 471. The number of rotatable bonds is 1. The van der Waals surface area contributed by atoms with Crippen molar-refractivity contribution < 1.29 is 48.8 Å². The molecule has 0 amide bonds. The molecular weight excluding hydrogens is 257 g/mol. The molecular formula is C8H12O6Zn. The molecule has 0 atom stereocenters. The molecule has 0 aliphatic heterocycles. The number of hydrogen-bond acceptors (Lipinski definition) is 6. The van der Waals surface area contributed by atoms with Crippen molar-refractivity contribution >= 4 is 17.9 Å². The summed E-state index contributed by atoms with van der Waals surface area (Å²) in [6.45, 7) is 6.42. The van der Waals surface area contributed by atoms with Gasteiger partial charge >= 0.3 is 25.4 Å². The Bertz CT molecular complexity index is 181. The third-order valence-electron chi connectivity index (χ3n) is 0.249. The van der Waals surface area contributed by atoms with Crippen LogP contribution in [0.5, 0.6) is 0 Å². The van der Waals surface area contributed by atoms with E-state index in [-0.39, 0.29) is 25.4 Å². The Hall–Kier alpha value is -1.23. The second-order valence-corrected chi connectivity index (χ2v) is 1.76. The molecule has 0 unspecified atom stereocenters. The molecule has 0 aliphatic carbocycles. The fraction of sp³-hybridized carbons (Fsp3) is 0.375. The van der Waals surface area contributed by atoms with Crippen LogP contribution in [0.15, 0.2) is 12.8 Å². The Morgan fingerprint density at radius 1 is 1.07 bits per heavy atom. The molecule has 0 rings (SSSR count). The number of carboxylic acid groups (broad SMARTS) is 2. The van der Waals surface area contributed by atoms with E-state index in [1.807, 2.05) is 0 Å². The number of ether oxygens (including phenoxy) is 1. The van der Waals surface area contributed by atoms with Gasteiger partial charge in [0.15, 0.2) is 0 Å². The minimum absolute atomic E-state index is 0. The van der Waals surface area contributed by atoms with Crippen LogP contribution in [-0.2, 0) is 38.6 Å². The molecule has 0 fully saturated rings. The Morgan fingerprint density at radius 3 is 1.27 bits per heavy atom. The van der Waals surface area contributed by atoms with E-state index in [4.69, 9.17) is 19.8 Å². The first-order valence-corrected chi connectivity index (χ1v) is 3.37. The molecule has 0 bridgehead atoms. The van der Waals surface area contributed by atoms with Crippen LogP contribution >= 0.6 is 0 Å². The minimum atomic E-state index is -1.08. The smallest absolute Gasteiger partial charge is 0.550 e. The summed E-state index contributed by atoms with van der Waals surface area (Å²) in [6.07, 6.45) is 1.10. The number of aliphatic carboxylic acids is 2. The summed E-state index contributed by atoms with van der Waals surface area (Å²) >= 11 is 0. The van der Waals surface area contributed by atoms with Gasteiger partial charge in [-0.1, -0.05) is 6.58 Å². The van der Waals surface area contributed by atoms with Gasteiger partial charge in [0.1, 0.15) is 0 Å². The number of hydrogen-bond donors (Lipinski definition) is 0. The molecule has 0 radical (unpaired) electrons. The average Bonchev–Trinajstić information content (AvgIpc) is 1.82.